The normalized spacial score (nSPS) is 16.1. The van der Waals surface area contributed by atoms with Gasteiger partial charge in [0.25, 0.3) is 0 Å². The van der Waals surface area contributed by atoms with Gasteiger partial charge in [-0.1, -0.05) is 24.3 Å². The molecular weight excluding hydrogens is 270 g/mol. The lowest BCUT2D eigenvalue weighted by Gasteiger charge is -2.30. The first-order valence-electron chi connectivity index (χ1n) is 6.99. The SMILES string of the molecule is CC(C)(C)OC(=O)NC1(CC(=O)O)Cc2ccccc2C1. The highest BCUT2D eigenvalue weighted by Crippen LogP contribution is 2.32. The van der Waals surface area contributed by atoms with Crippen LogP contribution in [0.25, 0.3) is 0 Å². The monoisotopic (exact) mass is 291 g/mol. The first-order valence-corrected chi connectivity index (χ1v) is 6.99. The molecule has 1 aromatic carbocycles. The van der Waals surface area contributed by atoms with Crippen molar-refractivity contribution in [2.45, 2.75) is 51.2 Å². The summed E-state index contributed by atoms with van der Waals surface area (Å²) in [5, 5.41) is 12.0. The van der Waals surface area contributed by atoms with Crippen LogP contribution in [0.3, 0.4) is 0 Å². The third-order valence-electron chi connectivity index (χ3n) is 3.43. The van der Waals surface area contributed by atoms with Crippen LogP contribution < -0.4 is 5.32 Å². The maximum absolute atomic E-state index is 12.0. The van der Waals surface area contributed by atoms with Crippen molar-refractivity contribution in [2.75, 3.05) is 0 Å². The van der Waals surface area contributed by atoms with E-state index in [-0.39, 0.29) is 6.42 Å². The fourth-order valence-corrected chi connectivity index (χ4v) is 2.76. The first-order chi connectivity index (χ1) is 9.69. The second-order valence-corrected chi connectivity index (χ2v) is 6.60. The van der Waals surface area contributed by atoms with E-state index in [0.29, 0.717) is 12.8 Å². The third kappa shape index (κ3) is 3.97. The number of benzene rings is 1. The van der Waals surface area contributed by atoms with Crippen LogP contribution in [-0.4, -0.2) is 28.3 Å². The number of fused-ring (bicyclic) bond motifs is 1. The van der Waals surface area contributed by atoms with Gasteiger partial charge in [0.05, 0.1) is 12.0 Å². The number of carbonyl (C=O) groups is 2. The lowest BCUT2D eigenvalue weighted by atomic mass is 9.92. The number of hydrogen-bond donors (Lipinski definition) is 2. The molecule has 0 aromatic heterocycles. The number of hydrogen-bond acceptors (Lipinski definition) is 3. The zero-order chi connectivity index (χ0) is 15.7. The first kappa shape index (κ1) is 15.4. The fourth-order valence-electron chi connectivity index (χ4n) is 2.76. The molecule has 2 N–H and O–H groups in total. The molecule has 0 radical (unpaired) electrons. The predicted molar refractivity (Wildman–Crippen MR) is 78.2 cm³/mol. The minimum atomic E-state index is -0.932. The Bertz CT molecular complexity index is 535. The largest absolute Gasteiger partial charge is 0.481 e. The average Bonchev–Trinajstić information content (AvgIpc) is 2.61. The maximum atomic E-state index is 12.0. The molecule has 5 heteroatoms. The summed E-state index contributed by atoms with van der Waals surface area (Å²) in [7, 11) is 0. The van der Waals surface area contributed by atoms with Crippen LogP contribution in [0.2, 0.25) is 0 Å². The van der Waals surface area contributed by atoms with Crippen LogP contribution in [0.1, 0.15) is 38.3 Å². The number of alkyl carbamates (subject to hydrolysis) is 1. The van der Waals surface area contributed by atoms with Gasteiger partial charge in [-0.3, -0.25) is 4.79 Å². The minimum absolute atomic E-state index is 0.124. The lowest BCUT2D eigenvalue weighted by Crippen LogP contribution is -2.52. The number of rotatable bonds is 3. The Morgan fingerprint density at radius 3 is 2.19 bits per heavy atom. The molecule has 5 nitrogen and oxygen atoms in total. The van der Waals surface area contributed by atoms with Crippen molar-refractivity contribution in [1.29, 1.82) is 0 Å². The minimum Gasteiger partial charge on any atom is -0.481 e. The van der Waals surface area contributed by atoms with E-state index in [0.717, 1.165) is 11.1 Å². The molecule has 0 atom stereocenters. The molecule has 114 valence electrons. The number of amides is 1. The van der Waals surface area contributed by atoms with E-state index in [1.54, 1.807) is 20.8 Å². The molecule has 0 spiro atoms. The predicted octanol–water partition coefficient (Wildman–Crippen LogP) is 2.52. The van der Waals surface area contributed by atoms with Crippen LogP contribution in [0, 0.1) is 0 Å². The summed E-state index contributed by atoms with van der Waals surface area (Å²) in [5.74, 6) is -0.932. The van der Waals surface area contributed by atoms with Crippen molar-refractivity contribution in [3.8, 4) is 0 Å². The molecule has 0 heterocycles. The molecule has 0 saturated heterocycles. The molecule has 0 unspecified atom stereocenters. The Kier molecular flexibility index (Phi) is 3.94. The van der Waals surface area contributed by atoms with Gasteiger partial charge in [-0.2, -0.15) is 0 Å². The van der Waals surface area contributed by atoms with Gasteiger partial charge in [0.2, 0.25) is 0 Å². The van der Waals surface area contributed by atoms with Crippen LogP contribution in [0.4, 0.5) is 4.79 Å². The second-order valence-electron chi connectivity index (χ2n) is 6.60. The summed E-state index contributed by atoms with van der Waals surface area (Å²) in [6, 6.07) is 7.78. The smallest absolute Gasteiger partial charge is 0.408 e. The highest BCUT2D eigenvalue weighted by atomic mass is 16.6. The van der Waals surface area contributed by atoms with Gasteiger partial charge in [0, 0.05) is 0 Å². The summed E-state index contributed by atoms with van der Waals surface area (Å²) in [6.07, 6.45) is 0.321. The van der Waals surface area contributed by atoms with Crippen molar-refractivity contribution in [2.24, 2.45) is 0 Å². The zero-order valence-corrected chi connectivity index (χ0v) is 12.6. The van der Waals surface area contributed by atoms with Gasteiger partial charge in [0.15, 0.2) is 0 Å². The molecule has 2 rings (SSSR count). The van der Waals surface area contributed by atoms with Crippen LogP contribution >= 0.6 is 0 Å². The maximum Gasteiger partial charge on any atom is 0.408 e. The number of carboxylic acid groups (broad SMARTS) is 1. The molecule has 1 aliphatic carbocycles. The summed E-state index contributed by atoms with van der Waals surface area (Å²) in [5.41, 5.74) is 0.738. The van der Waals surface area contributed by atoms with Crippen molar-refractivity contribution < 1.29 is 19.4 Å². The van der Waals surface area contributed by atoms with Gasteiger partial charge in [-0.15, -0.1) is 0 Å². The number of aliphatic carboxylic acids is 1. The summed E-state index contributed by atoms with van der Waals surface area (Å²) < 4.78 is 5.26. The molecule has 0 bridgehead atoms. The molecule has 21 heavy (non-hydrogen) atoms. The van der Waals surface area contributed by atoms with E-state index in [9.17, 15) is 14.7 Å². The summed E-state index contributed by atoms with van der Waals surface area (Å²) in [6.45, 7) is 5.33. The molecule has 1 amide bonds. The van der Waals surface area contributed by atoms with E-state index in [4.69, 9.17) is 4.74 Å². The van der Waals surface area contributed by atoms with Crippen molar-refractivity contribution >= 4 is 12.1 Å². The Balaban J connectivity index is 2.17. The van der Waals surface area contributed by atoms with E-state index in [2.05, 4.69) is 5.32 Å². The number of carboxylic acids is 1. The topological polar surface area (TPSA) is 75.6 Å². The molecule has 1 aliphatic rings. The van der Waals surface area contributed by atoms with E-state index >= 15 is 0 Å². The Morgan fingerprint density at radius 1 is 1.24 bits per heavy atom. The standard InChI is InChI=1S/C16H21NO4/c1-15(2,3)21-14(20)17-16(10-13(18)19)8-11-6-4-5-7-12(11)9-16/h4-7H,8-10H2,1-3H3,(H,17,20)(H,18,19). The quantitative estimate of drug-likeness (QED) is 0.897. The number of nitrogens with one attached hydrogen (secondary N) is 1. The Hall–Kier alpha value is -2.04. The highest BCUT2D eigenvalue weighted by molar-refractivity contribution is 5.74. The summed E-state index contributed by atoms with van der Waals surface area (Å²) >= 11 is 0. The van der Waals surface area contributed by atoms with E-state index in [1.807, 2.05) is 24.3 Å². The third-order valence-corrected chi connectivity index (χ3v) is 3.43. The second kappa shape index (κ2) is 5.39. The van der Waals surface area contributed by atoms with Crippen molar-refractivity contribution in [3.05, 3.63) is 35.4 Å². The fraction of sp³-hybridized carbons (Fsp3) is 0.500. The van der Waals surface area contributed by atoms with Crippen LogP contribution in [-0.2, 0) is 22.4 Å². The Labute approximate surface area is 124 Å². The molecule has 0 saturated carbocycles. The van der Waals surface area contributed by atoms with Crippen molar-refractivity contribution in [1.82, 2.24) is 5.32 Å². The summed E-state index contributed by atoms with van der Waals surface area (Å²) in [4.78, 5) is 23.2. The zero-order valence-electron chi connectivity index (χ0n) is 12.6. The Morgan fingerprint density at radius 2 is 1.76 bits per heavy atom. The van der Waals surface area contributed by atoms with Gasteiger partial charge in [-0.05, 0) is 44.7 Å². The highest BCUT2D eigenvalue weighted by Gasteiger charge is 2.41. The van der Waals surface area contributed by atoms with Gasteiger partial charge < -0.3 is 15.2 Å². The molecular formula is C16H21NO4. The molecule has 0 fully saturated rings. The number of ether oxygens (including phenoxy) is 1. The average molecular weight is 291 g/mol. The molecule has 0 aliphatic heterocycles. The van der Waals surface area contributed by atoms with Gasteiger partial charge in [0.1, 0.15) is 5.60 Å². The van der Waals surface area contributed by atoms with Gasteiger partial charge in [-0.25, -0.2) is 4.79 Å². The number of carbonyl (C=O) groups excluding carboxylic acids is 1. The van der Waals surface area contributed by atoms with E-state index < -0.39 is 23.2 Å². The van der Waals surface area contributed by atoms with Gasteiger partial charge >= 0.3 is 12.1 Å². The molecule has 1 aromatic rings. The lowest BCUT2D eigenvalue weighted by molar-refractivity contribution is -0.138. The van der Waals surface area contributed by atoms with Crippen LogP contribution in [0.15, 0.2) is 24.3 Å². The van der Waals surface area contributed by atoms with Crippen molar-refractivity contribution in [3.63, 3.8) is 0 Å². The van der Waals surface area contributed by atoms with Crippen LogP contribution in [0.5, 0.6) is 0 Å². The van der Waals surface area contributed by atoms with E-state index in [1.165, 1.54) is 0 Å².